The zero-order valence-corrected chi connectivity index (χ0v) is 11.9. The third kappa shape index (κ3) is 2.90. The van der Waals surface area contributed by atoms with Crippen LogP contribution in [0, 0.1) is 5.41 Å². The van der Waals surface area contributed by atoms with Crippen molar-refractivity contribution < 1.29 is 19.1 Å². The van der Waals surface area contributed by atoms with E-state index in [9.17, 15) is 9.59 Å². The van der Waals surface area contributed by atoms with E-state index >= 15 is 0 Å². The minimum absolute atomic E-state index is 0.246. The van der Waals surface area contributed by atoms with Crippen LogP contribution < -0.4 is 0 Å². The molecule has 0 aromatic heterocycles. The Morgan fingerprint density at radius 2 is 1.55 bits per heavy atom. The van der Waals surface area contributed by atoms with Crippen LogP contribution in [0.25, 0.3) is 6.08 Å². The molecule has 1 heterocycles. The molecule has 20 heavy (non-hydrogen) atoms. The van der Waals surface area contributed by atoms with E-state index in [1.54, 1.807) is 26.8 Å². The van der Waals surface area contributed by atoms with Crippen molar-refractivity contribution in [2.75, 3.05) is 0 Å². The van der Waals surface area contributed by atoms with E-state index in [-0.39, 0.29) is 6.42 Å². The molecule has 0 amide bonds. The van der Waals surface area contributed by atoms with Gasteiger partial charge in [0.15, 0.2) is 5.41 Å². The minimum Gasteiger partial charge on any atom is -0.422 e. The first kappa shape index (κ1) is 14.3. The molecule has 0 saturated carbocycles. The van der Waals surface area contributed by atoms with Gasteiger partial charge in [-0.15, -0.1) is 0 Å². The van der Waals surface area contributed by atoms with Crippen LogP contribution in [-0.4, -0.2) is 17.7 Å². The summed E-state index contributed by atoms with van der Waals surface area (Å²) >= 11 is 0. The van der Waals surface area contributed by atoms with Gasteiger partial charge in [0.1, 0.15) is 0 Å². The Kier molecular flexibility index (Phi) is 3.66. The van der Waals surface area contributed by atoms with Crippen LogP contribution in [0.2, 0.25) is 0 Å². The van der Waals surface area contributed by atoms with Crippen molar-refractivity contribution in [1.29, 1.82) is 0 Å². The number of benzene rings is 1. The summed E-state index contributed by atoms with van der Waals surface area (Å²) in [6, 6.07) is 9.66. The fraction of sp³-hybridized carbons (Fsp3) is 0.375. The van der Waals surface area contributed by atoms with Crippen LogP contribution in [-0.2, 0) is 19.1 Å². The average Bonchev–Trinajstić information content (AvgIpc) is 2.37. The molecular weight excluding hydrogens is 256 g/mol. The molecule has 1 aliphatic rings. The molecule has 0 spiro atoms. The number of esters is 2. The van der Waals surface area contributed by atoms with Gasteiger partial charge in [0.05, 0.1) is 0 Å². The predicted molar refractivity (Wildman–Crippen MR) is 74.5 cm³/mol. The number of hydrogen-bond donors (Lipinski definition) is 0. The molecule has 1 aliphatic heterocycles. The third-order valence-electron chi connectivity index (χ3n) is 3.21. The van der Waals surface area contributed by atoms with Crippen LogP contribution in [0.5, 0.6) is 0 Å². The number of cyclic esters (lactones) is 2. The zero-order valence-electron chi connectivity index (χ0n) is 11.9. The highest BCUT2D eigenvalue weighted by Crippen LogP contribution is 2.35. The van der Waals surface area contributed by atoms with E-state index in [4.69, 9.17) is 9.47 Å². The highest BCUT2D eigenvalue weighted by molar-refractivity contribution is 6.01. The molecule has 0 unspecified atom stereocenters. The maximum absolute atomic E-state index is 12.0. The van der Waals surface area contributed by atoms with E-state index in [0.717, 1.165) is 5.56 Å². The second-order valence-electron chi connectivity index (χ2n) is 5.53. The zero-order chi connectivity index (χ0) is 14.8. The molecule has 0 radical (unpaired) electrons. The van der Waals surface area contributed by atoms with E-state index < -0.39 is 23.1 Å². The van der Waals surface area contributed by atoms with Crippen molar-refractivity contribution in [2.24, 2.45) is 5.41 Å². The van der Waals surface area contributed by atoms with Gasteiger partial charge in [-0.05, 0) is 18.9 Å². The minimum atomic E-state index is -1.28. The number of hydrogen-bond acceptors (Lipinski definition) is 4. The Labute approximate surface area is 118 Å². The topological polar surface area (TPSA) is 52.6 Å². The van der Waals surface area contributed by atoms with Crippen molar-refractivity contribution in [3.8, 4) is 0 Å². The van der Waals surface area contributed by atoms with Gasteiger partial charge >= 0.3 is 11.9 Å². The van der Waals surface area contributed by atoms with Crippen molar-refractivity contribution >= 4 is 18.0 Å². The predicted octanol–water partition coefficient (Wildman–Crippen LogP) is 2.93. The molecule has 1 saturated heterocycles. The Balaban J connectivity index is 2.10. The molecule has 0 N–H and O–H groups in total. The molecule has 2 rings (SSSR count). The van der Waals surface area contributed by atoms with Gasteiger partial charge in [-0.3, -0.25) is 9.59 Å². The lowest BCUT2D eigenvalue weighted by molar-refractivity contribution is -0.249. The van der Waals surface area contributed by atoms with Gasteiger partial charge in [0, 0.05) is 13.8 Å². The van der Waals surface area contributed by atoms with Crippen LogP contribution in [0.4, 0.5) is 0 Å². The number of carbonyl (C=O) groups is 2. The number of rotatable bonds is 3. The SMILES string of the molecule is CC1(C)OC(=O)C(C)(CC=Cc2ccccc2)C(=O)O1. The Bertz CT molecular complexity index is 523. The molecule has 4 nitrogen and oxygen atoms in total. The molecule has 0 bridgehead atoms. The summed E-state index contributed by atoms with van der Waals surface area (Å²) in [4.78, 5) is 24.1. The quantitative estimate of drug-likeness (QED) is 0.628. The highest BCUT2D eigenvalue weighted by Gasteiger charge is 2.52. The summed E-state index contributed by atoms with van der Waals surface area (Å²) in [5, 5.41) is 0. The molecule has 106 valence electrons. The number of allylic oxidation sites excluding steroid dienone is 1. The van der Waals surface area contributed by atoms with E-state index in [1.165, 1.54) is 0 Å². The average molecular weight is 274 g/mol. The van der Waals surface area contributed by atoms with Crippen LogP contribution >= 0.6 is 0 Å². The van der Waals surface area contributed by atoms with Gasteiger partial charge in [0.25, 0.3) is 5.79 Å². The van der Waals surface area contributed by atoms with Crippen LogP contribution in [0.1, 0.15) is 32.8 Å². The van der Waals surface area contributed by atoms with Gasteiger partial charge < -0.3 is 9.47 Å². The summed E-state index contributed by atoms with van der Waals surface area (Å²) in [5.41, 5.74) is -0.269. The van der Waals surface area contributed by atoms with Crippen molar-refractivity contribution in [3.05, 3.63) is 42.0 Å². The largest absolute Gasteiger partial charge is 0.422 e. The fourth-order valence-corrected chi connectivity index (χ4v) is 1.94. The molecule has 4 heteroatoms. The second kappa shape index (κ2) is 5.12. The van der Waals surface area contributed by atoms with E-state index in [0.29, 0.717) is 0 Å². The summed E-state index contributed by atoms with van der Waals surface area (Å²) in [6.45, 7) is 4.63. The second-order valence-corrected chi connectivity index (χ2v) is 5.53. The molecule has 1 aromatic carbocycles. The van der Waals surface area contributed by atoms with Gasteiger partial charge in [-0.1, -0.05) is 42.5 Å². The fourth-order valence-electron chi connectivity index (χ4n) is 1.94. The monoisotopic (exact) mass is 274 g/mol. The molecule has 0 atom stereocenters. The number of ether oxygens (including phenoxy) is 2. The summed E-state index contributed by atoms with van der Waals surface area (Å²) < 4.78 is 10.3. The van der Waals surface area contributed by atoms with Crippen molar-refractivity contribution in [2.45, 2.75) is 33.0 Å². The molecular formula is C16H18O4. The Morgan fingerprint density at radius 1 is 1.00 bits per heavy atom. The smallest absolute Gasteiger partial charge is 0.326 e. The van der Waals surface area contributed by atoms with Gasteiger partial charge in [-0.2, -0.15) is 0 Å². The van der Waals surface area contributed by atoms with Gasteiger partial charge in [0.2, 0.25) is 0 Å². The highest BCUT2D eigenvalue weighted by atomic mass is 16.7. The first-order chi connectivity index (χ1) is 9.33. The van der Waals surface area contributed by atoms with Gasteiger partial charge in [-0.25, -0.2) is 0 Å². The first-order valence-electron chi connectivity index (χ1n) is 6.52. The van der Waals surface area contributed by atoms with E-state index in [2.05, 4.69) is 0 Å². The first-order valence-corrected chi connectivity index (χ1v) is 6.52. The Hall–Kier alpha value is -2.10. The van der Waals surface area contributed by atoms with Crippen molar-refractivity contribution in [3.63, 3.8) is 0 Å². The lowest BCUT2D eigenvalue weighted by atomic mass is 9.85. The Morgan fingerprint density at radius 3 is 2.10 bits per heavy atom. The molecule has 0 aliphatic carbocycles. The molecule has 1 aromatic rings. The summed E-state index contributed by atoms with van der Waals surface area (Å²) in [5.74, 6) is -2.27. The van der Waals surface area contributed by atoms with Crippen molar-refractivity contribution in [1.82, 2.24) is 0 Å². The lowest BCUT2D eigenvalue weighted by Gasteiger charge is -2.37. The lowest BCUT2D eigenvalue weighted by Crippen LogP contribution is -2.52. The standard InChI is InChI=1S/C16H18O4/c1-15(2)19-13(17)16(3,14(18)20-15)11-7-10-12-8-5-4-6-9-12/h4-10H,11H2,1-3H3. The summed E-state index contributed by atoms with van der Waals surface area (Å²) in [7, 11) is 0. The maximum atomic E-state index is 12.0. The van der Waals surface area contributed by atoms with E-state index in [1.807, 2.05) is 36.4 Å². The van der Waals surface area contributed by atoms with Crippen LogP contribution in [0.15, 0.2) is 36.4 Å². The normalized spacial score (nSPS) is 20.6. The third-order valence-corrected chi connectivity index (χ3v) is 3.21. The van der Waals surface area contributed by atoms with Crippen LogP contribution in [0.3, 0.4) is 0 Å². The summed E-state index contributed by atoms with van der Waals surface area (Å²) in [6.07, 6.45) is 3.90. The molecule has 1 fully saturated rings. The maximum Gasteiger partial charge on any atom is 0.326 e. The number of carbonyl (C=O) groups excluding carboxylic acids is 2.